The van der Waals surface area contributed by atoms with Crippen molar-refractivity contribution in [2.45, 2.75) is 40.0 Å². The molecule has 0 aromatic carbocycles. The average molecular weight is 332 g/mol. The van der Waals surface area contributed by atoms with Crippen molar-refractivity contribution < 1.29 is 28.7 Å². The molecule has 0 saturated carbocycles. The maximum absolute atomic E-state index is 11.0. The Bertz CT molecular complexity index is 359. The molecule has 0 aliphatic carbocycles. The largest absolute Gasteiger partial charge is 0.379 e. The van der Waals surface area contributed by atoms with Gasteiger partial charge in [-0.1, -0.05) is 6.92 Å². The standard InChI is InChI=1S/C11H21NO4.C4H7NO2/c1-3-5-15-7-8-16-6-4-12-11(14)9-10(2)13;1-3(6)2-4(5)7/h3-9H2,1-2H3,(H,12,14);2H2,1H3,(H2,5,7). The molecule has 23 heavy (non-hydrogen) atoms. The topological polar surface area (TPSA) is 125 Å². The zero-order chi connectivity index (χ0) is 18.1. The lowest BCUT2D eigenvalue weighted by molar-refractivity contribution is -0.128. The molecule has 0 spiro atoms. The van der Waals surface area contributed by atoms with Gasteiger partial charge in [0.1, 0.15) is 11.6 Å². The van der Waals surface area contributed by atoms with Crippen LogP contribution in [0.5, 0.6) is 0 Å². The van der Waals surface area contributed by atoms with Gasteiger partial charge in [-0.25, -0.2) is 0 Å². The zero-order valence-electron chi connectivity index (χ0n) is 14.2. The Hall–Kier alpha value is -1.80. The van der Waals surface area contributed by atoms with Crippen LogP contribution in [0.3, 0.4) is 0 Å². The van der Waals surface area contributed by atoms with E-state index in [0.29, 0.717) is 26.4 Å². The molecule has 8 nitrogen and oxygen atoms in total. The first-order chi connectivity index (χ1) is 10.8. The lowest BCUT2D eigenvalue weighted by Crippen LogP contribution is -2.28. The van der Waals surface area contributed by atoms with Crippen LogP contribution in [0.4, 0.5) is 0 Å². The third kappa shape index (κ3) is 25.5. The molecule has 0 aromatic rings. The minimum Gasteiger partial charge on any atom is -0.379 e. The van der Waals surface area contributed by atoms with E-state index in [1.807, 2.05) is 6.92 Å². The van der Waals surface area contributed by atoms with Crippen LogP contribution in [0.2, 0.25) is 0 Å². The van der Waals surface area contributed by atoms with Gasteiger partial charge in [0.05, 0.1) is 32.7 Å². The molecular weight excluding hydrogens is 304 g/mol. The summed E-state index contributed by atoms with van der Waals surface area (Å²) in [6, 6.07) is 0. The molecular formula is C15H28N2O6. The molecule has 0 atom stereocenters. The predicted molar refractivity (Wildman–Crippen MR) is 84.7 cm³/mol. The SMILES string of the molecule is CC(=O)CC(N)=O.CCCOCCOCCNC(=O)CC(C)=O. The maximum atomic E-state index is 11.0. The Labute approximate surface area is 137 Å². The monoisotopic (exact) mass is 332 g/mol. The van der Waals surface area contributed by atoms with E-state index in [-0.39, 0.29) is 30.3 Å². The van der Waals surface area contributed by atoms with E-state index < -0.39 is 5.91 Å². The molecule has 0 saturated heterocycles. The summed E-state index contributed by atoms with van der Waals surface area (Å²) in [6.45, 7) is 7.49. The number of rotatable bonds is 12. The second-order valence-corrected chi connectivity index (χ2v) is 4.80. The molecule has 0 aliphatic rings. The molecule has 8 heteroatoms. The number of hydrogen-bond donors (Lipinski definition) is 2. The van der Waals surface area contributed by atoms with Crippen LogP contribution in [0.15, 0.2) is 0 Å². The molecule has 0 heterocycles. The first-order valence-corrected chi connectivity index (χ1v) is 7.48. The van der Waals surface area contributed by atoms with E-state index >= 15 is 0 Å². The molecule has 2 amide bonds. The second kappa shape index (κ2) is 16.6. The zero-order valence-corrected chi connectivity index (χ0v) is 14.2. The lowest BCUT2D eigenvalue weighted by atomic mass is 10.3. The smallest absolute Gasteiger partial charge is 0.227 e. The molecule has 0 rings (SSSR count). The Balaban J connectivity index is 0. The average Bonchev–Trinajstić information content (AvgIpc) is 2.40. The summed E-state index contributed by atoms with van der Waals surface area (Å²) in [4.78, 5) is 41.4. The van der Waals surface area contributed by atoms with Crippen molar-refractivity contribution in [1.82, 2.24) is 5.32 Å². The summed E-state index contributed by atoms with van der Waals surface area (Å²) >= 11 is 0. The van der Waals surface area contributed by atoms with Crippen molar-refractivity contribution in [3.8, 4) is 0 Å². The fourth-order valence-electron chi connectivity index (χ4n) is 1.26. The van der Waals surface area contributed by atoms with Crippen molar-refractivity contribution in [3.05, 3.63) is 0 Å². The van der Waals surface area contributed by atoms with Gasteiger partial charge in [-0.05, 0) is 20.3 Å². The first-order valence-electron chi connectivity index (χ1n) is 7.48. The van der Waals surface area contributed by atoms with Crippen LogP contribution in [0, 0.1) is 0 Å². The van der Waals surface area contributed by atoms with Crippen LogP contribution in [-0.2, 0) is 28.7 Å². The van der Waals surface area contributed by atoms with Gasteiger partial charge in [-0.3, -0.25) is 19.2 Å². The van der Waals surface area contributed by atoms with Gasteiger partial charge >= 0.3 is 0 Å². The van der Waals surface area contributed by atoms with Gasteiger partial charge in [0.15, 0.2) is 0 Å². The number of ether oxygens (including phenoxy) is 2. The van der Waals surface area contributed by atoms with Crippen LogP contribution < -0.4 is 11.1 Å². The van der Waals surface area contributed by atoms with E-state index in [0.717, 1.165) is 13.0 Å². The number of carbonyl (C=O) groups is 4. The number of amides is 2. The number of hydrogen-bond acceptors (Lipinski definition) is 6. The van der Waals surface area contributed by atoms with Crippen LogP contribution in [0.25, 0.3) is 0 Å². The molecule has 0 fully saturated rings. The first kappa shape index (κ1) is 23.5. The highest BCUT2D eigenvalue weighted by atomic mass is 16.5. The summed E-state index contributed by atoms with van der Waals surface area (Å²) in [6.07, 6.45) is 0.806. The Morgan fingerprint density at radius 2 is 1.39 bits per heavy atom. The van der Waals surface area contributed by atoms with Gasteiger partial charge in [-0.2, -0.15) is 0 Å². The summed E-state index contributed by atoms with van der Waals surface area (Å²) in [7, 11) is 0. The Morgan fingerprint density at radius 1 is 0.870 bits per heavy atom. The fraction of sp³-hybridized carbons (Fsp3) is 0.733. The summed E-state index contributed by atoms with van der Waals surface area (Å²) in [5, 5.41) is 2.59. The van der Waals surface area contributed by atoms with E-state index in [4.69, 9.17) is 9.47 Å². The second-order valence-electron chi connectivity index (χ2n) is 4.80. The molecule has 0 aromatic heterocycles. The number of ketones is 2. The minimum absolute atomic E-state index is 0.0559. The van der Waals surface area contributed by atoms with Gasteiger partial charge in [0.25, 0.3) is 0 Å². The molecule has 0 unspecified atom stereocenters. The van der Waals surface area contributed by atoms with Crippen molar-refractivity contribution in [1.29, 1.82) is 0 Å². The van der Waals surface area contributed by atoms with E-state index in [2.05, 4.69) is 11.1 Å². The van der Waals surface area contributed by atoms with Crippen LogP contribution >= 0.6 is 0 Å². The predicted octanol–water partition coefficient (Wildman–Crippen LogP) is -0.0243. The molecule has 134 valence electrons. The van der Waals surface area contributed by atoms with Gasteiger partial charge in [0.2, 0.25) is 11.8 Å². The maximum Gasteiger partial charge on any atom is 0.227 e. The molecule has 0 bridgehead atoms. The van der Waals surface area contributed by atoms with E-state index in [9.17, 15) is 19.2 Å². The van der Waals surface area contributed by atoms with Gasteiger partial charge in [0, 0.05) is 13.2 Å². The summed E-state index contributed by atoms with van der Waals surface area (Å²) in [5.41, 5.74) is 4.63. The molecule has 0 radical (unpaired) electrons. The Kier molecular flexibility index (Phi) is 16.9. The highest BCUT2D eigenvalue weighted by Crippen LogP contribution is 1.83. The number of primary amides is 1. The van der Waals surface area contributed by atoms with Crippen molar-refractivity contribution in [2.24, 2.45) is 5.73 Å². The minimum atomic E-state index is -0.562. The number of nitrogens with one attached hydrogen (secondary N) is 1. The number of carbonyl (C=O) groups excluding carboxylic acids is 4. The van der Waals surface area contributed by atoms with Gasteiger partial charge in [-0.15, -0.1) is 0 Å². The third-order valence-corrected chi connectivity index (χ3v) is 2.12. The number of Topliss-reactive ketones (excluding diaryl/α,β-unsaturated/α-hetero) is 2. The highest BCUT2D eigenvalue weighted by Gasteiger charge is 2.03. The van der Waals surface area contributed by atoms with Crippen molar-refractivity contribution in [3.63, 3.8) is 0 Å². The van der Waals surface area contributed by atoms with Crippen LogP contribution in [0.1, 0.15) is 40.0 Å². The highest BCUT2D eigenvalue weighted by molar-refractivity contribution is 5.96. The summed E-state index contributed by atoms with van der Waals surface area (Å²) in [5.74, 6) is -1.13. The molecule has 3 N–H and O–H groups in total. The fourth-order valence-corrected chi connectivity index (χ4v) is 1.26. The third-order valence-electron chi connectivity index (χ3n) is 2.12. The molecule has 0 aliphatic heterocycles. The van der Waals surface area contributed by atoms with Crippen molar-refractivity contribution in [2.75, 3.05) is 33.0 Å². The van der Waals surface area contributed by atoms with Gasteiger partial charge < -0.3 is 20.5 Å². The van der Waals surface area contributed by atoms with Crippen molar-refractivity contribution >= 4 is 23.4 Å². The Morgan fingerprint density at radius 3 is 1.78 bits per heavy atom. The quantitative estimate of drug-likeness (QED) is 0.382. The van der Waals surface area contributed by atoms with E-state index in [1.165, 1.54) is 13.8 Å². The van der Waals surface area contributed by atoms with Crippen LogP contribution in [-0.4, -0.2) is 56.4 Å². The normalized spacial score (nSPS) is 9.52. The number of nitrogens with two attached hydrogens (primary N) is 1. The summed E-state index contributed by atoms with van der Waals surface area (Å²) < 4.78 is 10.4. The lowest BCUT2D eigenvalue weighted by Gasteiger charge is -2.06. The van der Waals surface area contributed by atoms with E-state index in [1.54, 1.807) is 0 Å².